The number of hydrogen-bond donors (Lipinski definition) is 1. The van der Waals surface area contributed by atoms with E-state index in [4.69, 9.17) is 0 Å². The van der Waals surface area contributed by atoms with Crippen LogP contribution < -0.4 is 5.32 Å². The average Bonchev–Trinajstić information content (AvgIpc) is 2.49. The Bertz CT molecular complexity index is 380. The van der Waals surface area contributed by atoms with Crippen LogP contribution in [0.5, 0.6) is 0 Å². The zero-order chi connectivity index (χ0) is 14.2. The molecular weight excluding hydrogens is 266 g/mol. The van der Waals surface area contributed by atoms with E-state index in [2.05, 4.69) is 52.9 Å². The van der Waals surface area contributed by atoms with Crippen molar-refractivity contribution in [1.82, 2.24) is 15.2 Å². The minimum absolute atomic E-state index is 0.807. The molecule has 20 heavy (non-hydrogen) atoms. The molecule has 0 aliphatic carbocycles. The first-order chi connectivity index (χ1) is 9.81. The van der Waals surface area contributed by atoms with Crippen LogP contribution in [-0.4, -0.2) is 40.5 Å². The van der Waals surface area contributed by atoms with E-state index in [-0.39, 0.29) is 0 Å². The summed E-state index contributed by atoms with van der Waals surface area (Å²) in [5, 5.41) is 4.22. The number of nitrogens with zero attached hydrogens (tertiary/aromatic N) is 2. The van der Waals surface area contributed by atoms with E-state index in [1.54, 1.807) is 0 Å². The monoisotopic (exact) mass is 293 g/mol. The SMILES string of the molecule is CCCNCc1ccc(CN2CCSC(CC)C2)nc1. The molecule has 1 saturated heterocycles. The quantitative estimate of drug-likeness (QED) is 0.783. The van der Waals surface area contributed by atoms with Crippen LogP contribution in [0.4, 0.5) is 0 Å². The highest BCUT2D eigenvalue weighted by Crippen LogP contribution is 2.22. The second-order valence-electron chi connectivity index (χ2n) is 5.47. The molecule has 0 amide bonds. The molecule has 4 heteroatoms. The van der Waals surface area contributed by atoms with E-state index in [1.807, 2.05) is 6.20 Å². The summed E-state index contributed by atoms with van der Waals surface area (Å²) in [5.41, 5.74) is 2.48. The Morgan fingerprint density at radius 2 is 2.30 bits per heavy atom. The van der Waals surface area contributed by atoms with E-state index >= 15 is 0 Å². The molecule has 1 aliphatic rings. The largest absolute Gasteiger partial charge is 0.313 e. The Balaban J connectivity index is 1.80. The summed E-state index contributed by atoms with van der Waals surface area (Å²) < 4.78 is 0. The van der Waals surface area contributed by atoms with Gasteiger partial charge in [-0.1, -0.05) is 19.9 Å². The summed E-state index contributed by atoms with van der Waals surface area (Å²) in [4.78, 5) is 7.16. The smallest absolute Gasteiger partial charge is 0.0544 e. The highest BCUT2D eigenvalue weighted by molar-refractivity contribution is 8.00. The first kappa shape index (κ1) is 15.8. The molecule has 0 bridgehead atoms. The molecule has 0 aromatic carbocycles. The first-order valence-corrected chi connectivity index (χ1v) is 8.85. The van der Waals surface area contributed by atoms with Crippen molar-refractivity contribution >= 4 is 11.8 Å². The second kappa shape index (κ2) is 8.65. The molecular formula is C16H27N3S. The summed E-state index contributed by atoms with van der Waals surface area (Å²) in [6, 6.07) is 4.40. The normalized spacial score (nSPS) is 20.2. The molecule has 1 aliphatic heterocycles. The Kier molecular flexibility index (Phi) is 6.83. The minimum Gasteiger partial charge on any atom is -0.313 e. The number of pyridine rings is 1. The van der Waals surface area contributed by atoms with Crippen LogP contribution in [0.2, 0.25) is 0 Å². The molecule has 2 rings (SSSR count). The molecule has 1 atom stereocenters. The highest BCUT2D eigenvalue weighted by Gasteiger charge is 2.18. The Morgan fingerprint density at radius 1 is 1.40 bits per heavy atom. The second-order valence-corrected chi connectivity index (χ2v) is 6.88. The van der Waals surface area contributed by atoms with Crippen molar-refractivity contribution in [3.8, 4) is 0 Å². The highest BCUT2D eigenvalue weighted by atomic mass is 32.2. The van der Waals surface area contributed by atoms with Gasteiger partial charge in [-0.2, -0.15) is 11.8 Å². The van der Waals surface area contributed by atoms with Gasteiger partial charge in [-0.3, -0.25) is 9.88 Å². The molecule has 0 saturated carbocycles. The van der Waals surface area contributed by atoms with Crippen molar-refractivity contribution in [2.75, 3.05) is 25.4 Å². The van der Waals surface area contributed by atoms with Crippen molar-refractivity contribution in [2.45, 2.75) is 45.0 Å². The molecule has 1 aromatic heterocycles. The predicted molar refractivity (Wildman–Crippen MR) is 88.0 cm³/mol. The van der Waals surface area contributed by atoms with Crippen LogP contribution in [0.15, 0.2) is 18.3 Å². The zero-order valence-electron chi connectivity index (χ0n) is 12.8. The maximum atomic E-state index is 4.61. The lowest BCUT2D eigenvalue weighted by Crippen LogP contribution is -2.37. The maximum Gasteiger partial charge on any atom is 0.0544 e. The molecule has 0 radical (unpaired) electrons. The molecule has 2 heterocycles. The van der Waals surface area contributed by atoms with E-state index in [0.29, 0.717) is 0 Å². The van der Waals surface area contributed by atoms with Crippen molar-refractivity contribution in [3.05, 3.63) is 29.6 Å². The van der Waals surface area contributed by atoms with Crippen molar-refractivity contribution < 1.29 is 0 Å². The van der Waals surface area contributed by atoms with E-state index in [0.717, 1.165) is 24.9 Å². The summed E-state index contributed by atoms with van der Waals surface area (Å²) >= 11 is 2.12. The maximum absolute atomic E-state index is 4.61. The lowest BCUT2D eigenvalue weighted by atomic mass is 10.2. The number of rotatable bonds is 7. The Labute approximate surface area is 127 Å². The van der Waals surface area contributed by atoms with Crippen LogP contribution in [0.1, 0.15) is 37.9 Å². The fraction of sp³-hybridized carbons (Fsp3) is 0.688. The van der Waals surface area contributed by atoms with Gasteiger partial charge >= 0.3 is 0 Å². The lowest BCUT2D eigenvalue weighted by Gasteiger charge is -2.31. The van der Waals surface area contributed by atoms with Gasteiger partial charge < -0.3 is 5.32 Å². The zero-order valence-corrected chi connectivity index (χ0v) is 13.6. The van der Waals surface area contributed by atoms with Crippen LogP contribution >= 0.6 is 11.8 Å². The molecule has 1 fully saturated rings. The van der Waals surface area contributed by atoms with Gasteiger partial charge in [-0.25, -0.2) is 0 Å². The van der Waals surface area contributed by atoms with Gasteiger partial charge in [0.2, 0.25) is 0 Å². The standard InChI is InChI=1S/C16H27N3S/c1-3-7-17-10-14-5-6-15(18-11-14)12-19-8-9-20-16(4-2)13-19/h5-6,11,16-17H,3-4,7-10,12-13H2,1-2H3. The van der Waals surface area contributed by atoms with Gasteiger partial charge in [0.25, 0.3) is 0 Å². The van der Waals surface area contributed by atoms with Gasteiger partial charge in [0, 0.05) is 43.4 Å². The van der Waals surface area contributed by atoms with E-state index < -0.39 is 0 Å². The molecule has 1 aromatic rings. The number of nitrogens with one attached hydrogen (secondary N) is 1. The third-order valence-corrected chi connectivity index (χ3v) is 5.08. The summed E-state index contributed by atoms with van der Waals surface area (Å²) in [6.07, 6.45) is 4.47. The predicted octanol–water partition coefficient (Wildman–Crippen LogP) is 2.91. The lowest BCUT2D eigenvalue weighted by molar-refractivity contribution is 0.270. The molecule has 112 valence electrons. The number of hydrogen-bond acceptors (Lipinski definition) is 4. The molecule has 1 unspecified atom stereocenters. The number of thioether (sulfide) groups is 1. The average molecular weight is 293 g/mol. The van der Waals surface area contributed by atoms with E-state index in [1.165, 1.54) is 42.9 Å². The van der Waals surface area contributed by atoms with Crippen LogP contribution in [0, 0.1) is 0 Å². The molecule has 1 N–H and O–H groups in total. The van der Waals surface area contributed by atoms with Crippen LogP contribution in [-0.2, 0) is 13.1 Å². The van der Waals surface area contributed by atoms with Gasteiger partial charge in [-0.05, 0) is 31.0 Å². The van der Waals surface area contributed by atoms with E-state index in [9.17, 15) is 0 Å². The Morgan fingerprint density at radius 3 is 3.00 bits per heavy atom. The topological polar surface area (TPSA) is 28.2 Å². The third-order valence-electron chi connectivity index (χ3n) is 3.71. The van der Waals surface area contributed by atoms with Crippen molar-refractivity contribution in [2.24, 2.45) is 0 Å². The summed E-state index contributed by atoms with van der Waals surface area (Å²) in [6.45, 7) is 9.89. The molecule has 0 spiro atoms. The Hall–Kier alpha value is -0.580. The van der Waals surface area contributed by atoms with Crippen LogP contribution in [0.25, 0.3) is 0 Å². The minimum atomic E-state index is 0.807. The third kappa shape index (κ3) is 5.08. The van der Waals surface area contributed by atoms with Gasteiger partial charge in [-0.15, -0.1) is 0 Å². The van der Waals surface area contributed by atoms with Crippen LogP contribution in [0.3, 0.4) is 0 Å². The molecule has 3 nitrogen and oxygen atoms in total. The first-order valence-electron chi connectivity index (χ1n) is 7.80. The summed E-state index contributed by atoms with van der Waals surface area (Å²) in [7, 11) is 0. The van der Waals surface area contributed by atoms with Gasteiger partial charge in [0.05, 0.1) is 5.69 Å². The summed E-state index contributed by atoms with van der Waals surface area (Å²) in [5.74, 6) is 1.26. The number of aromatic nitrogens is 1. The van der Waals surface area contributed by atoms with Gasteiger partial charge in [0.15, 0.2) is 0 Å². The van der Waals surface area contributed by atoms with Gasteiger partial charge in [0.1, 0.15) is 0 Å². The van der Waals surface area contributed by atoms with Crippen molar-refractivity contribution in [1.29, 1.82) is 0 Å². The fourth-order valence-electron chi connectivity index (χ4n) is 2.46. The van der Waals surface area contributed by atoms with Crippen molar-refractivity contribution in [3.63, 3.8) is 0 Å². The fourth-order valence-corrected chi connectivity index (χ4v) is 3.71.